The van der Waals surface area contributed by atoms with E-state index in [1.165, 1.54) is 5.56 Å². The number of hydrogen-bond donors (Lipinski definition) is 1. The van der Waals surface area contributed by atoms with E-state index < -0.39 is 0 Å². The van der Waals surface area contributed by atoms with Gasteiger partial charge in [-0.25, -0.2) is 4.68 Å². The summed E-state index contributed by atoms with van der Waals surface area (Å²) in [6.45, 7) is 2.12. The van der Waals surface area contributed by atoms with Crippen LogP contribution < -0.4 is 5.73 Å². The van der Waals surface area contributed by atoms with Gasteiger partial charge in [-0.15, -0.1) is 0 Å². The third-order valence-corrected chi connectivity index (χ3v) is 4.25. The van der Waals surface area contributed by atoms with Gasteiger partial charge in [-0.1, -0.05) is 41.1 Å². The van der Waals surface area contributed by atoms with E-state index in [2.05, 4.69) is 52.2 Å². The summed E-state index contributed by atoms with van der Waals surface area (Å²) in [5.74, 6) is 0. The summed E-state index contributed by atoms with van der Waals surface area (Å²) >= 11 is 3.55. The summed E-state index contributed by atoms with van der Waals surface area (Å²) in [4.78, 5) is 0. The third-order valence-electron chi connectivity index (χ3n) is 3.75. The monoisotopic (exact) mass is 343 g/mol. The standard InChI is InChI=1S/C17H18BrN3/c1-2-15(19)10-13-9-14(18)7-8-17(13)21-16-6-4-3-5-12(16)11-20-21/h3-9,11,15H,2,10,19H2,1H3. The van der Waals surface area contributed by atoms with Gasteiger partial charge in [0.25, 0.3) is 0 Å². The Hall–Kier alpha value is -1.65. The van der Waals surface area contributed by atoms with Crippen LogP contribution >= 0.6 is 15.9 Å². The van der Waals surface area contributed by atoms with Crippen molar-refractivity contribution in [3.8, 4) is 5.69 Å². The fourth-order valence-electron chi connectivity index (χ4n) is 2.51. The van der Waals surface area contributed by atoms with Gasteiger partial charge in [0.05, 0.1) is 17.4 Å². The lowest BCUT2D eigenvalue weighted by Gasteiger charge is -2.14. The lowest BCUT2D eigenvalue weighted by Crippen LogP contribution is -2.22. The van der Waals surface area contributed by atoms with Crippen LogP contribution in [0.15, 0.2) is 53.1 Å². The van der Waals surface area contributed by atoms with Gasteiger partial charge in [-0.3, -0.25) is 0 Å². The van der Waals surface area contributed by atoms with Crippen LogP contribution in [0, 0.1) is 0 Å². The summed E-state index contributed by atoms with van der Waals surface area (Å²) in [6.07, 6.45) is 3.71. The molecule has 0 aliphatic heterocycles. The van der Waals surface area contributed by atoms with Crippen LogP contribution in [0.2, 0.25) is 0 Å². The normalized spacial score (nSPS) is 12.7. The van der Waals surface area contributed by atoms with Crippen LogP contribution in [0.5, 0.6) is 0 Å². The SMILES string of the molecule is CCC(N)Cc1cc(Br)ccc1-n1ncc2ccccc21. The second kappa shape index (κ2) is 6.00. The van der Waals surface area contributed by atoms with Crippen LogP contribution in [0.4, 0.5) is 0 Å². The van der Waals surface area contributed by atoms with Crippen molar-refractivity contribution in [1.82, 2.24) is 9.78 Å². The molecule has 0 saturated carbocycles. The van der Waals surface area contributed by atoms with Crippen LogP contribution in [-0.4, -0.2) is 15.8 Å². The first-order valence-electron chi connectivity index (χ1n) is 7.16. The molecule has 0 saturated heterocycles. The molecule has 0 aliphatic rings. The minimum absolute atomic E-state index is 0.167. The average Bonchev–Trinajstić information content (AvgIpc) is 2.91. The first-order valence-corrected chi connectivity index (χ1v) is 7.95. The van der Waals surface area contributed by atoms with Gasteiger partial charge < -0.3 is 5.73 Å². The van der Waals surface area contributed by atoms with E-state index in [0.29, 0.717) is 0 Å². The maximum atomic E-state index is 6.15. The summed E-state index contributed by atoms with van der Waals surface area (Å²) in [7, 11) is 0. The summed E-state index contributed by atoms with van der Waals surface area (Å²) in [6, 6.07) is 14.7. The van der Waals surface area contributed by atoms with E-state index in [4.69, 9.17) is 5.73 Å². The zero-order valence-electron chi connectivity index (χ0n) is 12.0. The molecule has 4 heteroatoms. The highest BCUT2D eigenvalue weighted by molar-refractivity contribution is 9.10. The van der Waals surface area contributed by atoms with Gasteiger partial charge in [-0.2, -0.15) is 5.10 Å². The molecule has 108 valence electrons. The van der Waals surface area contributed by atoms with Gasteiger partial charge in [0.2, 0.25) is 0 Å². The number of para-hydroxylation sites is 1. The minimum Gasteiger partial charge on any atom is -0.327 e. The Morgan fingerprint density at radius 2 is 2.05 bits per heavy atom. The number of rotatable bonds is 4. The number of halogens is 1. The van der Waals surface area contributed by atoms with Gasteiger partial charge in [0, 0.05) is 15.9 Å². The zero-order chi connectivity index (χ0) is 14.8. The number of fused-ring (bicyclic) bond motifs is 1. The first-order chi connectivity index (χ1) is 10.2. The minimum atomic E-state index is 0.167. The van der Waals surface area contributed by atoms with Crippen molar-refractivity contribution in [2.45, 2.75) is 25.8 Å². The molecule has 2 N–H and O–H groups in total. The second-order valence-corrected chi connectivity index (χ2v) is 6.18. The molecule has 1 aromatic heterocycles. The maximum absolute atomic E-state index is 6.15. The predicted octanol–water partition coefficient (Wildman–Crippen LogP) is 4.07. The summed E-state index contributed by atoms with van der Waals surface area (Å²) < 4.78 is 3.07. The Labute approximate surface area is 132 Å². The third kappa shape index (κ3) is 2.87. The molecular weight excluding hydrogens is 326 g/mol. The summed E-state index contributed by atoms with van der Waals surface area (Å²) in [5, 5.41) is 5.69. The van der Waals surface area contributed by atoms with Crippen molar-refractivity contribution in [3.05, 3.63) is 58.7 Å². The van der Waals surface area contributed by atoms with E-state index in [1.807, 2.05) is 29.1 Å². The molecular formula is C17H18BrN3. The second-order valence-electron chi connectivity index (χ2n) is 5.26. The summed E-state index contributed by atoms with van der Waals surface area (Å²) in [5.41, 5.74) is 9.58. The number of aromatic nitrogens is 2. The van der Waals surface area contributed by atoms with Gasteiger partial charge in [0.15, 0.2) is 0 Å². The fraction of sp³-hybridized carbons (Fsp3) is 0.235. The molecule has 0 amide bonds. The lowest BCUT2D eigenvalue weighted by molar-refractivity contribution is 0.643. The highest BCUT2D eigenvalue weighted by Crippen LogP contribution is 2.25. The lowest BCUT2D eigenvalue weighted by atomic mass is 10.0. The molecule has 1 heterocycles. The molecule has 0 spiro atoms. The number of nitrogens with two attached hydrogens (primary N) is 1. The Kier molecular flexibility index (Phi) is 4.08. The molecule has 3 aromatic rings. The van der Waals surface area contributed by atoms with Crippen LogP contribution in [-0.2, 0) is 6.42 Å². The molecule has 2 aromatic carbocycles. The van der Waals surface area contributed by atoms with Crippen molar-refractivity contribution in [2.24, 2.45) is 5.73 Å². The first kappa shape index (κ1) is 14.3. The Bertz CT molecular complexity index is 764. The van der Waals surface area contributed by atoms with Crippen molar-refractivity contribution in [3.63, 3.8) is 0 Å². The number of hydrogen-bond acceptors (Lipinski definition) is 2. The molecule has 3 nitrogen and oxygen atoms in total. The Morgan fingerprint density at radius 1 is 1.24 bits per heavy atom. The van der Waals surface area contributed by atoms with E-state index >= 15 is 0 Å². The molecule has 21 heavy (non-hydrogen) atoms. The largest absolute Gasteiger partial charge is 0.327 e. The zero-order valence-corrected chi connectivity index (χ0v) is 13.5. The maximum Gasteiger partial charge on any atom is 0.0741 e. The predicted molar refractivity (Wildman–Crippen MR) is 90.7 cm³/mol. The smallest absolute Gasteiger partial charge is 0.0741 e. The van der Waals surface area contributed by atoms with Crippen molar-refractivity contribution in [2.75, 3.05) is 0 Å². The molecule has 0 fully saturated rings. The highest BCUT2D eigenvalue weighted by atomic mass is 79.9. The van der Waals surface area contributed by atoms with E-state index in [-0.39, 0.29) is 6.04 Å². The molecule has 0 radical (unpaired) electrons. The van der Waals surface area contributed by atoms with Crippen molar-refractivity contribution >= 4 is 26.8 Å². The number of benzene rings is 2. The highest BCUT2D eigenvalue weighted by Gasteiger charge is 2.12. The molecule has 0 aliphatic carbocycles. The van der Waals surface area contributed by atoms with Crippen LogP contribution in [0.1, 0.15) is 18.9 Å². The molecule has 3 rings (SSSR count). The van der Waals surface area contributed by atoms with Gasteiger partial charge >= 0.3 is 0 Å². The molecule has 0 bridgehead atoms. The fourth-order valence-corrected chi connectivity index (χ4v) is 2.92. The van der Waals surface area contributed by atoms with Gasteiger partial charge in [0.1, 0.15) is 0 Å². The van der Waals surface area contributed by atoms with E-state index in [9.17, 15) is 0 Å². The van der Waals surface area contributed by atoms with E-state index in [0.717, 1.165) is 33.9 Å². The Balaban J connectivity index is 2.13. The Morgan fingerprint density at radius 3 is 2.86 bits per heavy atom. The average molecular weight is 344 g/mol. The number of nitrogens with zero attached hydrogens (tertiary/aromatic N) is 2. The van der Waals surface area contributed by atoms with Crippen LogP contribution in [0.25, 0.3) is 16.6 Å². The quantitative estimate of drug-likeness (QED) is 0.775. The van der Waals surface area contributed by atoms with Gasteiger partial charge in [-0.05, 0) is 42.7 Å². The molecule has 1 unspecified atom stereocenters. The van der Waals surface area contributed by atoms with Crippen molar-refractivity contribution < 1.29 is 0 Å². The topological polar surface area (TPSA) is 43.8 Å². The van der Waals surface area contributed by atoms with Crippen LogP contribution in [0.3, 0.4) is 0 Å². The van der Waals surface area contributed by atoms with E-state index in [1.54, 1.807) is 0 Å². The molecule has 1 atom stereocenters. The van der Waals surface area contributed by atoms with Crippen molar-refractivity contribution in [1.29, 1.82) is 0 Å².